The fraction of sp³-hybridized carbons (Fsp3) is 0.381. The molecular weight excluding hydrogens is 346 g/mol. The number of thiocarbonyl (C=S) groups is 1. The zero-order chi connectivity index (χ0) is 19.2. The molecule has 140 valence electrons. The second-order valence-electron chi connectivity index (χ2n) is 6.69. The van der Waals surface area contributed by atoms with Crippen molar-refractivity contribution in [3.63, 3.8) is 0 Å². The molecule has 2 N–H and O–H groups in total. The van der Waals surface area contributed by atoms with E-state index in [4.69, 9.17) is 32.2 Å². The largest absolute Gasteiger partial charge is 0.497 e. The van der Waals surface area contributed by atoms with Crippen molar-refractivity contribution in [1.82, 2.24) is 0 Å². The van der Waals surface area contributed by atoms with E-state index in [1.807, 2.05) is 12.1 Å². The van der Waals surface area contributed by atoms with Gasteiger partial charge in [-0.1, -0.05) is 45.1 Å². The van der Waals surface area contributed by atoms with Gasteiger partial charge >= 0.3 is 0 Å². The van der Waals surface area contributed by atoms with Gasteiger partial charge in [-0.05, 0) is 41.7 Å². The van der Waals surface area contributed by atoms with Crippen molar-refractivity contribution < 1.29 is 14.2 Å². The third-order valence-electron chi connectivity index (χ3n) is 4.58. The summed E-state index contributed by atoms with van der Waals surface area (Å²) < 4.78 is 16.8. The molecule has 0 aromatic heterocycles. The van der Waals surface area contributed by atoms with Crippen LogP contribution in [0.3, 0.4) is 0 Å². The Bertz CT molecular complexity index is 741. The lowest BCUT2D eigenvalue weighted by Crippen LogP contribution is -2.16. The summed E-state index contributed by atoms with van der Waals surface area (Å²) in [5.41, 5.74) is 7.91. The van der Waals surface area contributed by atoms with Gasteiger partial charge in [0, 0.05) is 6.07 Å². The topological polar surface area (TPSA) is 53.7 Å². The average molecular weight is 374 g/mol. The predicted octanol–water partition coefficient (Wildman–Crippen LogP) is 4.47. The first kappa shape index (κ1) is 20.0. The Morgan fingerprint density at radius 2 is 1.62 bits per heavy atom. The minimum atomic E-state index is 0.172. The van der Waals surface area contributed by atoms with E-state index in [1.165, 1.54) is 5.56 Å². The SMILES string of the molecule is CCC(C)(C)c1ccc(OCCOc2cc(OC)ccc2C(N)=S)cc1. The molecule has 26 heavy (non-hydrogen) atoms. The van der Waals surface area contributed by atoms with E-state index in [1.54, 1.807) is 25.3 Å². The van der Waals surface area contributed by atoms with Crippen molar-refractivity contribution >= 4 is 17.2 Å². The van der Waals surface area contributed by atoms with Crippen molar-refractivity contribution in [3.8, 4) is 17.2 Å². The molecule has 2 rings (SSSR count). The summed E-state index contributed by atoms with van der Waals surface area (Å²) in [6.07, 6.45) is 1.09. The van der Waals surface area contributed by atoms with Crippen molar-refractivity contribution in [2.24, 2.45) is 5.73 Å². The van der Waals surface area contributed by atoms with Crippen LogP contribution in [0.1, 0.15) is 38.3 Å². The number of methoxy groups -OCH3 is 1. The van der Waals surface area contributed by atoms with Crippen molar-refractivity contribution in [2.75, 3.05) is 20.3 Å². The van der Waals surface area contributed by atoms with E-state index >= 15 is 0 Å². The first-order chi connectivity index (χ1) is 12.4. The number of nitrogens with two attached hydrogens (primary N) is 1. The maximum Gasteiger partial charge on any atom is 0.133 e. The molecule has 0 spiro atoms. The molecule has 4 nitrogen and oxygen atoms in total. The number of benzene rings is 2. The first-order valence-corrected chi connectivity index (χ1v) is 9.12. The zero-order valence-corrected chi connectivity index (χ0v) is 16.7. The molecule has 0 saturated carbocycles. The number of hydrogen-bond acceptors (Lipinski definition) is 4. The van der Waals surface area contributed by atoms with E-state index in [-0.39, 0.29) is 10.4 Å². The third kappa shape index (κ3) is 5.11. The molecule has 0 saturated heterocycles. The molecule has 0 aliphatic heterocycles. The number of rotatable bonds is 9. The van der Waals surface area contributed by atoms with E-state index < -0.39 is 0 Å². The quantitative estimate of drug-likeness (QED) is 0.519. The smallest absolute Gasteiger partial charge is 0.133 e. The highest BCUT2D eigenvalue weighted by molar-refractivity contribution is 7.80. The molecule has 0 fully saturated rings. The molecule has 0 amide bonds. The molecule has 0 aliphatic carbocycles. The highest BCUT2D eigenvalue weighted by atomic mass is 32.1. The third-order valence-corrected chi connectivity index (χ3v) is 4.80. The molecule has 0 bridgehead atoms. The molecular formula is C21H27NO3S. The summed E-state index contributed by atoms with van der Waals surface area (Å²) in [6.45, 7) is 7.48. The van der Waals surface area contributed by atoms with E-state index in [9.17, 15) is 0 Å². The minimum absolute atomic E-state index is 0.172. The maximum absolute atomic E-state index is 5.79. The van der Waals surface area contributed by atoms with Gasteiger partial charge in [-0.2, -0.15) is 0 Å². The summed E-state index contributed by atoms with van der Waals surface area (Å²) in [4.78, 5) is 0.290. The van der Waals surface area contributed by atoms with Gasteiger partial charge in [-0.3, -0.25) is 0 Å². The van der Waals surface area contributed by atoms with Crippen molar-refractivity contribution in [2.45, 2.75) is 32.6 Å². The van der Waals surface area contributed by atoms with Crippen LogP contribution in [0.25, 0.3) is 0 Å². The summed E-state index contributed by atoms with van der Waals surface area (Å²) >= 11 is 5.06. The summed E-state index contributed by atoms with van der Waals surface area (Å²) in [5.74, 6) is 2.11. The fourth-order valence-corrected chi connectivity index (χ4v) is 2.64. The Morgan fingerprint density at radius 1 is 1.00 bits per heavy atom. The highest BCUT2D eigenvalue weighted by Crippen LogP contribution is 2.28. The molecule has 0 atom stereocenters. The van der Waals surface area contributed by atoms with Gasteiger partial charge in [0.25, 0.3) is 0 Å². The average Bonchev–Trinajstić information content (AvgIpc) is 2.65. The normalized spacial score (nSPS) is 11.1. The molecule has 0 aliphatic rings. The number of ether oxygens (including phenoxy) is 3. The molecule has 5 heteroatoms. The van der Waals surface area contributed by atoms with Crippen LogP contribution in [0.4, 0.5) is 0 Å². The van der Waals surface area contributed by atoms with Crippen LogP contribution >= 0.6 is 12.2 Å². The predicted molar refractivity (Wildman–Crippen MR) is 110 cm³/mol. The van der Waals surface area contributed by atoms with Gasteiger partial charge in [-0.25, -0.2) is 0 Å². The standard InChI is InChI=1S/C21H27NO3S/c1-5-21(2,3)15-6-8-16(9-7-15)24-12-13-25-19-14-17(23-4)10-11-18(19)20(22)26/h6-11,14H,5,12-13H2,1-4H3,(H2,22,26). The maximum atomic E-state index is 5.79. The van der Waals surface area contributed by atoms with Crippen LogP contribution in [0.2, 0.25) is 0 Å². The van der Waals surface area contributed by atoms with Crippen LogP contribution in [-0.4, -0.2) is 25.3 Å². The second-order valence-corrected chi connectivity index (χ2v) is 7.12. The lowest BCUT2D eigenvalue weighted by atomic mass is 9.82. The van der Waals surface area contributed by atoms with Crippen LogP contribution in [0, 0.1) is 0 Å². The van der Waals surface area contributed by atoms with Gasteiger partial charge in [0.2, 0.25) is 0 Å². The molecule has 0 heterocycles. The van der Waals surface area contributed by atoms with Crippen molar-refractivity contribution in [3.05, 3.63) is 53.6 Å². The van der Waals surface area contributed by atoms with Crippen molar-refractivity contribution in [1.29, 1.82) is 0 Å². The van der Waals surface area contributed by atoms with Crippen LogP contribution in [0.5, 0.6) is 17.2 Å². The van der Waals surface area contributed by atoms with E-state index in [2.05, 4.69) is 32.9 Å². The summed E-state index contributed by atoms with van der Waals surface area (Å²) in [7, 11) is 1.60. The van der Waals surface area contributed by atoms with Gasteiger partial charge in [0.1, 0.15) is 35.5 Å². The van der Waals surface area contributed by atoms with Gasteiger partial charge in [0.05, 0.1) is 12.7 Å². The van der Waals surface area contributed by atoms with Crippen LogP contribution in [-0.2, 0) is 5.41 Å². The lowest BCUT2D eigenvalue weighted by molar-refractivity contribution is 0.216. The molecule has 0 unspecified atom stereocenters. The van der Waals surface area contributed by atoms with Gasteiger partial charge < -0.3 is 19.9 Å². The summed E-state index contributed by atoms with van der Waals surface area (Å²) in [6, 6.07) is 13.6. The highest BCUT2D eigenvalue weighted by Gasteiger charge is 2.17. The number of hydrogen-bond donors (Lipinski definition) is 1. The molecule has 2 aromatic carbocycles. The molecule has 0 radical (unpaired) electrons. The van der Waals surface area contributed by atoms with Gasteiger partial charge in [0.15, 0.2) is 0 Å². The Kier molecular flexibility index (Phi) is 6.86. The van der Waals surface area contributed by atoms with Crippen LogP contribution < -0.4 is 19.9 Å². The Morgan fingerprint density at radius 3 is 2.19 bits per heavy atom. The Labute approximate surface area is 161 Å². The fourth-order valence-electron chi connectivity index (χ4n) is 2.47. The lowest BCUT2D eigenvalue weighted by Gasteiger charge is -2.23. The molecule has 2 aromatic rings. The summed E-state index contributed by atoms with van der Waals surface area (Å²) in [5, 5.41) is 0. The zero-order valence-electron chi connectivity index (χ0n) is 15.9. The Hall–Kier alpha value is -2.27. The van der Waals surface area contributed by atoms with E-state index in [0.717, 1.165) is 12.2 Å². The van der Waals surface area contributed by atoms with E-state index in [0.29, 0.717) is 30.3 Å². The second kappa shape index (κ2) is 8.90. The first-order valence-electron chi connectivity index (χ1n) is 8.71. The van der Waals surface area contributed by atoms with Gasteiger partial charge in [-0.15, -0.1) is 0 Å². The Balaban J connectivity index is 1.92. The monoisotopic (exact) mass is 373 g/mol. The van der Waals surface area contributed by atoms with Crippen LogP contribution in [0.15, 0.2) is 42.5 Å². The minimum Gasteiger partial charge on any atom is -0.497 e.